The van der Waals surface area contributed by atoms with Gasteiger partial charge in [-0.2, -0.15) is 4.98 Å². The Bertz CT molecular complexity index is 1360. The second kappa shape index (κ2) is 9.25. The minimum Gasteiger partial charge on any atom is -0.497 e. The fourth-order valence-corrected chi connectivity index (χ4v) is 4.85. The Morgan fingerprint density at radius 2 is 2.00 bits per heavy atom. The number of Topliss-reactive ketones (excluding diaryl/α,β-unsaturated/α-hetero) is 1. The summed E-state index contributed by atoms with van der Waals surface area (Å²) in [7, 11) is 1.56. The fourth-order valence-electron chi connectivity index (χ4n) is 3.96. The first-order chi connectivity index (χ1) is 16.5. The van der Waals surface area contributed by atoms with Crippen LogP contribution in [0.4, 0.5) is 5.69 Å². The van der Waals surface area contributed by atoms with Crippen molar-refractivity contribution in [2.75, 3.05) is 12.0 Å². The van der Waals surface area contributed by atoms with Gasteiger partial charge in [0.2, 0.25) is 11.6 Å². The summed E-state index contributed by atoms with van der Waals surface area (Å²) >= 11 is 19.4. The zero-order chi connectivity index (χ0) is 23.8. The topological polar surface area (TPSA) is 81.3 Å². The molecule has 0 aliphatic carbocycles. The fraction of sp³-hybridized carbons (Fsp3) is 0.167. The monoisotopic (exact) mass is 514 g/mol. The van der Waals surface area contributed by atoms with Crippen molar-refractivity contribution in [2.24, 2.45) is 0 Å². The average molecular weight is 516 g/mol. The van der Waals surface area contributed by atoms with Crippen LogP contribution in [-0.2, 0) is 6.54 Å². The lowest BCUT2D eigenvalue weighted by Gasteiger charge is -2.25. The smallest absolute Gasteiger partial charge is 0.295 e. The molecule has 2 atom stereocenters. The van der Waals surface area contributed by atoms with Crippen molar-refractivity contribution < 1.29 is 14.1 Å². The van der Waals surface area contributed by atoms with Gasteiger partial charge in [-0.15, -0.1) is 0 Å². The molecule has 1 aliphatic rings. The summed E-state index contributed by atoms with van der Waals surface area (Å²) in [5.74, 6) is -0.476. The lowest BCUT2D eigenvalue weighted by Crippen LogP contribution is -2.32. The maximum Gasteiger partial charge on any atom is 0.295 e. The number of ether oxygens (including phenoxy) is 1. The molecule has 5 rings (SSSR count). The molecule has 10 heteroatoms. The van der Waals surface area contributed by atoms with E-state index in [9.17, 15) is 4.79 Å². The SMILES string of the molecule is COc1ccc2c(c1)C(C(=O)c1nc(-c3ccccn3)no1)C(Cl)N2Cc1ccc(Cl)cc1Cl. The van der Waals surface area contributed by atoms with Gasteiger partial charge in [-0.25, -0.2) is 0 Å². The average Bonchev–Trinajstić information content (AvgIpc) is 3.44. The highest BCUT2D eigenvalue weighted by molar-refractivity contribution is 6.35. The van der Waals surface area contributed by atoms with Gasteiger partial charge in [-0.1, -0.05) is 52.1 Å². The number of carbonyl (C=O) groups is 1. The van der Waals surface area contributed by atoms with Crippen LogP contribution in [0.2, 0.25) is 10.0 Å². The van der Waals surface area contributed by atoms with E-state index < -0.39 is 17.2 Å². The standard InChI is InChI=1S/C24H17Cl3N4O3/c1-33-15-7-8-19-16(11-15)20(22(27)31(19)12-13-5-6-14(25)10-17(13)26)21(32)24-29-23(30-34-24)18-4-2-3-9-28-18/h2-11,20,22H,12H2,1H3. The van der Waals surface area contributed by atoms with Gasteiger partial charge in [0.15, 0.2) is 0 Å². The van der Waals surface area contributed by atoms with Crippen molar-refractivity contribution in [2.45, 2.75) is 18.0 Å². The Balaban J connectivity index is 1.51. The lowest BCUT2D eigenvalue weighted by molar-refractivity contribution is 0.0917. The molecule has 4 aromatic rings. The summed E-state index contributed by atoms with van der Waals surface area (Å²) in [5, 5.41) is 4.97. The van der Waals surface area contributed by atoms with Crippen molar-refractivity contribution in [3.8, 4) is 17.3 Å². The van der Waals surface area contributed by atoms with Gasteiger partial charge in [-0.05, 0) is 53.6 Å². The third-order valence-electron chi connectivity index (χ3n) is 5.62. The predicted octanol–water partition coefficient (Wildman–Crippen LogP) is 6.00. The number of alkyl halides is 1. The first-order valence-corrected chi connectivity index (χ1v) is 11.5. The van der Waals surface area contributed by atoms with Gasteiger partial charge in [0, 0.05) is 28.5 Å². The van der Waals surface area contributed by atoms with Crippen molar-refractivity contribution in [3.05, 3.63) is 87.9 Å². The third-order valence-corrected chi connectivity index (χ3v) is 6.70. The van der Waals surface area contributed by atoms with Crippen molar-refractivity contribution in [1.82, 2.24) is 15.1 Å². The molecule has 3 heterocycles. The van der Waals surface area contributed by atoms with Crippen molar-refractivity contribution >= 4 is 46.3 Å². The summed E-state index contributed by atoms with van der Waals surface area (Å²) in [6, 6.07) is 16.1. The van der Waals surface area contributed by atoms with Crippen LogP contribution >= 0.6 is 34.8 Å². The number of fused-ring (bicyclic) bond motifs is 1. The van der Waals surface area contributed by atoms with E-state index >= 15 is 0 Å². The number of ketones is 1. The van der Waals surface area contributed by atoms with E-state index in [0.717, 1.165) is 11.3 Å². The highest BCUT2D eigenvalue weighted by atomic mass is 35.5. The Hall–Kier alpha value is -3.13. The number of aromatic nitrogens is 3. The molecule has 0 fully saturated rings. The van der Waals surface area contributed by atoms with Crippen LogP contribution in [0.5, 0.6) is 5.75 Å². The molecule has 0 N–H and O–H groups in total. The highest BCUT2D eigenvalue weighted by Gasteiger charge is 2.44. The van der Waals surface area contributed by atoms with Gasteiger partial charge in [0.1, 0.15) is 16.9 Å². The summed E-state index contributed by atoms with van der Waals surface area (Å²) < 4.78 is 10.7. The maximum absolute atomic E-state index is 13.6. The molecule has 2 unspecified atom stereocenters. The van der Waals surface area contributed by atoms with Gasteiger partial charge >= 0.3 is 0 Å². The third kappa shape index (κ3) is 4.11. The molecule has 0 radical (unpaired) electrons. The van der Waals surface area contributed by atoms with Crippen LogP contribution in [0.1, 0.15) is 27.7 Å². The van der Waals surface area contributed by atoms with Crippen LogP contribution in [0, 0.1) is 0 Å². The zero-order valence-corrected chi connectivity index (χ0v) is 20.1. The van der Waals surface area contributed by atoms with Crippen LogP contribution in [-0.4, -0.2) is 33.5 Å². The quantitative estimate of drug-likeness (QED) is 0.177. The molecule has 0 bridgehead atoms. The number of benzene rings is 2. The number of methoxy groups -OCH3 is 1. The number of carbonyl (C=O) groups excluding carboxylic acids is 1. The number of halogens is 3. The van der Waals surface area contributed by atoms with Crippen molar-refractivity contribution in [3.63, 3.8) is 0 Å². The van der Waals surface area contributed by atoms with Gasteiger partial charge in [0.05, 0.1) is 13.0 Å². The summed E-state index contributed by atoms with van der Waals surface area (Å²) in [6.45, 7) is 0.371. The van der Waals surface area contributed by atoms with E-state index in [2.05, 4.69) is 15.1 Å². The molecule has 0 saturated heterocycles. The number of nitrogens with zero attached hydrogens (tertiary/aromatic N) is 4. The van der Waals surface area contributed by atoms with E-state index in [4.69, 9.17) is 44.1 Å². The zero-order valence-electron chi connectivity index (χ0n) is 17.8. The molecular weight excluding hydrogens is 499 g/mol. The Labute approximate surface area is 210 Å². The minimum absolute atomic E-state index is 0.142. The minimum atomic E-state index is -0.769. The summed E-state index contributed by atoms with van der Waals surface area (Å²) in [6.07, 6.45) is 1.61. The number of hydrogen-bond donors (Lipinski definition) is 0. The van der Waals surface area contributed by atoms with E-state index in [1.165, 1.54) is 0 Å². The summed E-state index contributed by atoms with van der Waals surface area (Å²) in [5.41, 5.74) is 2.08. The Morgan fingerprint density at radius 3 is 2.74 bits per heavy atom. The van der Waals surface area contributed by atoms with E-state index in [1.807, 2.05) is 23.1 Å². The lowest BCUT2D eigenvalue weighted by atomic mass is 9.96. The predicted molar refractivity (Wildman–Crippen MR) is 130 cm³/mol. The van der Waals surface area contributed by atoms with Crippen LogP contribution in [0.3, 0.4) is 0 Å². The van der Waals surface area contributed by atoms with Gasteiger partial charge in [-0.3, -0.25) is 9.78 Å². The van der Waals surface area contributed by atoms with E-state index in [1.54, 1.807) is 49.7 Å². The number of pyridine rings is 1. The summed E-state index contributed by atoms with van der Waals surface area (Å²) in [4.78, 5) is 23.9. The van der Waals surface area contributed by atoms with Crippen LogP contribution in [0.25, 0.3) is 11.5 Å². The van der Waals surface area contributed by atoms with Gasteiger partial charge in [0.25, 0.3) is 5.89 Å². The molecule has 0 spiro atoms. The molecule has 172 valence electrons. The second-order valence-corrected chi connectivity index (χ2v) is 8.93. The van der Waals surface area contributed by atoms with Crippen LogP contribution in [0.15, 0.2) is 65.3 Å². The molecule has 7 nitrogen and oxygen atoms in total. The van der Waals surface area contributed by atoms with E-state index in [-0.39, 0.29) is 11.7 Å². The Morgan fingerprint density at radius 1 is 1.15 bits per heavy atom. The normalized spacial score (nSPS) is 17.0. The number of anilines is 1. The maximum atomic E-state index is 13.6. The molecular formula is C24H17Cl3N4O3. The van der Waals surface area contributed by atoms with Gasteiger partial charge < -0.3 is 14.2 Å². The second-order valence-electron chi connectivity index (χ2n) is 7.64. The van der Waals surface area contributed by atoms with Crippen LogP contribution < -0.4 is 9.64 Å². The largest absolute Gasteiger partial charge is 0.497 e. The number of rotatable bonds is 6. The highest BCUT2D eigenvalue weighted by Crippen LogP contribution is 2.46. The Kier molecular flexibility index (Phi) is 6.16. The molecule has 0 saturated carbocycles. The molecule has 34 heavy (non-hydrogen) atoms. The first-order valence-electron chi connectivity index (χ1n) is 10.3. The van der Waals surface area contributed by atoms with Crippen molar-refractivity contribution in [1.29, 1.82) is 0 Å². The van der Waals surface area contributed by atoms with E-state index in [0.29, 0.717) is 33.6 Å². The first kappa shape index (κ1) is 22.7. The molecule has 0 amide bonds. The molecule has 2 aromatic heterocycles. The number of hydrogen-bond acceptors (Lipinski definition) is 7. The molecule has 2 aromatic carbocycles. The molecule has 1 aliphatic heterocycles.